The van der Waals surface area contributed by atoms with Gasteiger partial charge in [0, 0.05) is 12.0 Å². The summed E-state index contributed by atoms with van der Waals surface area (Å²) in [5.74, 6) is 0.665. The van der Waals surface area contributed by atoms with E-state index in [1.165, 1.54) is 18.4 Å². The molecule has 1 saturated carbocycles. The van der Waals surface area contributed by atoms with Gasteiger partial charge in [-0.2, -0.15) is 0 Å². The minimum atomic E-state index is -1.02. The molecule has 1 heterocycles. The van der Waals surface area contributed by atoms with Gasteiger partial charge >= 0.3 is 0 Å². The highest BCUT2D eigenvalue weighted by molar-refractivity contribution is 5.27. The summed E-state index contributed by atoms with van der Waals surface area (Å²) in [4.78, 5) is 0. The summed E-state index contributed by atoms with van der Waals surface area (Å²) in [5.41, 5.74) is 0.295. The molecule has 0 amide bonds. The van der Waals surface area contributed by atoms with Crippen LogP contribution in [-0.2, 0) is 0 Å². The van der Waals surface area contributed by atoms with E-state index in [4.69, 9.17) is 0 Å². The summed E-state index contributed by atoms with van der Waals surface area (Å²) in [5, 5.41) is 3.47. The molecule has 1 aromatic rings. The maximum absolute atomic E-state index is 15.0. The molecule has 2 aliphatic rings. The van der Waals surface area contributed by atoms with E-state index < -0.39 is 5.67 Å². The van der Waals surface area contributed by atoms with E-state index in [9.17, 15) is 4.39 Å². The van der Waals surface area contributed by atoms with E-state index in [-0.39, 0.29) is 5.92 Å². The summed E-state index contributed by atoms with van der Waals surface area (Å²) in [6.07, 6.45) is 5.34. The van der Waals surface area contributed by atoms with Crippen molar-refractivity contribution in [2.45, 2.75) is 56.7 Å². The van der Waals surface area contributed by atoms with Gasteiger partial charge in [0.05, 0.1) is 0 Å². The van der Waals surface area contributed by atoms with Crippen LogP contribution in [-0.4, -0.2) is 18.3 Å². The van der Waals surface area contributed by atoms with Crippen LogP contribution in [0.1, 0.15) is 50.5 Å². The fourth-order valence-electron chi connectivity index (χ4n) is 3.66. The Hall–Kier alpha value is -0.890. The van der Waals surface area contributed by atoms with E-state index in [0.29, 0.717) is 18.4 Å². The van der Waals surface area contributed by atoms with Gasteiger partial charge in [0.15, 0.2) is 0 Å². The predicted molar refractivity (Wildman–Crippen MR) is 77.1 cm³/mol. The molecule has 1 aliphatic heterocycles. The molecule has 1 saturated heterocycles. The van der Waals surface area contributed by atoms with Crippen molar-refractivity contribution < 1.29 is 4.39 Å². The van der Waals surface area contributed by atoms with Gasteiger partial charge in [-0.05, 0) is 50.6 Å². The maximum Gasteiger partial charge on any atom is 0.113 e. The molecule has 2 fully saturated rings. The van der Waals surface area contributed by atoms with Crippen LogP contribution in [0.2, 0.25) is 0 Å². The van der Waals surface area contributed by atoms with Gasteiger partial charge in [-0.3, -0.25) is 0 Å². The third kappa shape index (κ3) is 3.00. The van der Waals surface area contributed by atoms with Gasteiger partial charge in [0.2, 0.25) is 0 Å². The molecule has 104 valence electrons. The Morgan fingerprint density at radius 3 is 2.74 bits per heavy atom. The first-order valence-corrected chi connectivity index (χ1v) is 7.64. The lowest BCUT2D eigenvalue weighted by molar-refractivity contribution is 0.117. The zero-order valence-electron chi connectivity index (χ0n) is 11.7. The van der Waals surface area contributed by atoms with Gasteiger partial charge < -0.3 is 5.32 Å². The Morgan fingerprint density at radius 1 is 1.26 bits per heavy atom. The largest absolute Gasteiger partial charge is 0.314 e. The topological polar surface area (TPSA) is 12.0 Å². The van der Waals surface area contributed by atoms with Crippen LogP contribution in [0.3, 0.4) is 0 Å². The highest BCUT2D eigenvalue weighted by Gasteiger charge is 2.51. The van der Waals surface area contributed by atoms with Crippen molar-refractivity contribution in [3.8, 4) is 0 Å². The first-order valence-electron chi connectivity index (χ1n) is 7.64. The Labute approximate surface area is 115 Å². The molecule has 1 aliphatic carbocycles. The van der Waals surface area contributed by atoms with Crippen molar-refractivity contribution in [3.63, 3.8) is 0 Å². The van der Waals surface area contributed by atoms with Crippen LogP contribution in [0.4, 0.5) is 4.39 Å². The monoisotopic (exact) mass is 261 g/mol. The van der Waals surface area contributed by atoms with Crippen molar-refractivity contribution in [2.24, 2.45) is 5.92 Å². The lowest BCUT2D eigenvalue weighted by Gasteiger charge is -2.30. The van der Waals surface area contributed by atoms with Crippen LogP contribution in [0.15, 0.2) is 30.3 Å². The van der Waals surface area contributed by atoms with E-state index in [1.54, 1.807) is 0 Å². The quantitative estimate of drug-likeness (QED) is 0.862. The van der Waals surface area contributed by atoms with Gasteiger partial charge in [-0.25, -0.2) is 4.39 Å². The normalized spacial score (nSPS) is 33.7. The molecule has 2 heteroatoms. The Kier molecular flexibility index (Phi) is 3.62. The summed E-state index contributed by atoms with van der Waals surface area (Å²) in [7, 11) is 0. The second-order valence-corrected chi connectivity index (χ2v) is 6.49. The van der Waals surface area contributed by atoms with Crippen molar-refractivity contribution in [1.82, 2.24) is 5.32 Å². The van der Waals surface area contributed by atoms with Crippen LogP contribution >= 0.6 is 0 Å². The molecule has 1 N–H and O–H groups in total. The molecule has 3 rings (SSSR count). The molecule has 4 atom stereocenters. The molecule has 0 aromatic heterocycles. The Bertz CT molecular complexity index is 409. The van der Waals surface area contributed by atoms with Gasteiger partial charge in [0.25, 0.3) is 0 Å². The Balaban J connectivity index is 1.59. The highest BCUT2D eigenvalue weighted by Crippen LogP contribution is 2.56. The Morgan fingerprint density at radius 2 is 2.05 bits per heavy atom. The molecule has 0 spiro atoms. The number of nitrogens with one attached hydrogen (secondary N) is 1. The molecule has 4 unspecified atom stereocenters. The molecule has 0 bridgehead atoms. The minimum Gasteiger partial charge on any atom is -0.314 e. The van der Waals surface area contributed by atoms with Crippen molar-refractivity contribution in [3.05, 3.63) is 35.9 Å². The van der Waals surface area contributed by atoms with Crippen LogP contribution in [0.25, 0.3) is 0 Å². The zero-order valence-corrected chi connectivity index (χ0v) is 11.7. The third-order valence-electron chi connectivity index (χ3n) is 4.85. The lowest BCUT2D eigenvalue weighted by Crippen LogP contribution is -2.40. The van der Waals surface area contributed by atoms with E-state index in [0.717, 1.165) is 19.4 Å². The number of halogens is 1. The summed E-state index contributed by atoms with van der Waals surface area (Å²) in [6, 6.07) is 10.8. The molecule has 19 heavy (non-hydrogen) atoms. The maximum atomic E-state index is 15.0. The van der Waals surface area contributed by atoms with Crippen LogP contribution in [0, 0.1) is 5.92 Å². The van der Waals surface area contributed by atoms with Gasteiger partial charge in [0.1, 0.15) is 5.67 Å². The molecule has 1 nitrogen and oxygen atoms in total. The second kappa shape index (κ2) is 5.24. The number of hydrogen-bond acceptors (Lipinski definition) is 1. The molecule has 1 aromatic carbocycles. The number of alkyl halides is 1. The highest BCUT2D eigenvalue weighted by atomic mass is 19.1. The predicted octanol–water partition coefficient (Wildman–Crippen LogP) is 4.05. The van der Waals surface area contributed by atoms with E-state index >= 15 is 0 Å². The zero-order chi connectivity index (χ0) is 13.3. The average Bonchev–Trinajstić information content (AvgIpc) is 3.21. The third-order valence-corrected chi connectivity index (χ3v) is 4.85. The lowest BCUT2D eigenvalue weighted by atomic mass is 9.88. The average molecular weight is 261 g/mol. The van der Waals surface area contributed by atoms with E-state index in [1.807, 2.05) is 13.0 Å². The SMILES string of the molecule is CC(F)(CC1CCCCN1)C1CC1c1ccccc1. The van der Waals surface area contributed by atoms with Crippen LogP contribution in [0.5, 0.6) is 0 Å². The fraction of sp³-hybridized carbons (Fsp3) is 0.647. The first-order chi connectivity index (χ1) is 9.17. The minimum absolute atomic E-state index is 0.221. The smallest absolute Gasteiger partial charge is 0.113 e. The molecular weight excluding hydrogens is 237 g/mol. The number of piperidine rings is 1. The number of rotatable bonds is 4. The fourth-order valence-corrected chi connectivity index (χ4v) is 3.66. The summed E-state index contributed by atoms with van der Waals surface area (Å²) < 4.78 is 15.0. The van der Waals surface area contributed by atoms with Crippen molar-refractivity contribution >= 4 is 0 Å². The summed E-state index contributed by atoms with van der Waals surface area (Å²) >= 11 is 0. The second-order valence-electron chi connectivity index (χ2n) is 6.49. The molecular formula is C17H24FN. The van der Waals surface area contributed by atoms with Gasteiger partial charge in [-0.1, -0.05) is 36.8 Å². The van der Waals surface area contributed by atoms with Crippen molar-refractivity contribution in [1.29, 1.82) is 0 Å². The van der Waals surface area contributed by atoms with Crippen LogP contribution < -0.4 is 5.32 Å². The standard InChI is InChI=1S/C17H24FN/c1-17(18,12-14-9-5-6-10-19-14)16-11-15(16)13-7-3-2-4-8-13/h2-4,7-8,14-16,19H,5-6,9-12H2,1H3. The van der Waals surface area contributed by atoms with Gasteiger partial charge in [-0.15, -0.1) is 0 Å². The van der Waals surface area contributed by atoms with E-state index in [2.05, 4.69) is 29.6 Å². The number of hydrogen-bond donors (Lipinski definition) is 1. The summed E-state index contributed by atoms with van der Waals surface area (Å²) in [6.45, 7) is 2.88. The first kappa shape index (κ1) is 13.1. The van der Waals surface area contributed by atoms with Crippen molar-refractivity contribution in [2.75, 3.05) is 6.54 Å². The number of benzene rings is 1. The molecule has 0 radical (unpaired) electrons.